The van der Waals surface area contributed by atoms with Crippen LogP contribution in [0.5, 0.6) is 0 Å². The molecule has 1 aliphatic heterocycles. The van der Waals surface area contributed by atoms with Gasteiger partial charge < -0.3 is 10.0 Å². The van der Waals surface area contributed by atoms with Crippen molar-refractivity contribution in [2.45, 2.75) is 51.6 Å². The Labute approximate surface area is 98.0 Å². The molecule has 2 N–H and O–H groups in total. The van der Waals surface area contributed by atoms with Crippen LogP contribution >= 0.6 is 0 Å². The third-order valence-electron chi connectivity index (χ3n) is 3.07. The van der Waals surface area contributed by atoms with Crippen LogP contribution in [-0.2, 0) is 4.79 Å². The zero-order chi connectivity index (χ0) is 12.2. The zero-order valence-corrected chi connectivity index (χ0v) is 10.6. The Balaban J connectivity index is 2.58. The smallest absolute Gasteiger partial charge is 0.324 e. The number of nitrogens with zero attached hydrogens (tertiary/aromatic N) is 1. The molecule has 0 radical (unpaired) electrons. The van der Waals surface area contributed by atoms with Gasteiger partial charge in [0, 0.05) is 12.6 Å². The molecule has 0 bridgehead atoms. The van der Waals surface area contributed by atoms with E-state index in [1.165, 1.54) is 19.3 Å². The van der Waals surface area contributed by atoms with Gasteiger partial charge in [-0.1, -0.05) is 6.42 Å². The predicted octanol–water partition coefficient (Wildman–Crippen LogP) is 1.31. The van der Waals surface area contributed by atoms with Crippen LogP contribution in [0.1, 0.15) is 40.0 Å². The van der Waals surface area contributed by atoms with E-state index in [1.807, 2.05) is 13.8 Å². The summed E-state index contributed by atoms with van der Waals surface area (Å²) < 4.78 is 0. The zero-order valence-electron chi connectivity index (χ0n) is 10.6. The van der Waals surface area contributed by atoms with Crippen molar-refractivity contribution in [1.29, 1.82) is 0 Å². The molecule has 1 fully saturated rings. The number of hydrogen-bond acceptors (Lipinski definition) is 3. The number of carboxylic acids is 1. The summed E-state index contributed by atoms with van der Waals surface area (Å²) in [5.41, 5.74) is -0.828. The van der Waals surface area contributed by atoms with Crippen molar-refractivity contribution in [2.75, 3.05) is 19.6 Å². The lowest BCUT2D eigenvalue weighted by Crippen LogP contribution is -2.59. The molecule has 1 aliphatic rings. The first-order chi connectivity index (χ1) is 7.44. The van der Waals surface area contributed by atoms with Crippen LogP contribution in [0.25, 0.3) is 0 Å². The van der Waals surface area contributed by atoms with Crippen LogP contribution in [0, 0.1) is 0 Å². The van der Waals surface area contributed by atoms with Crippen LogP contribution in [0.2, 0.25) is 0 Å². The number of piperidine rings is 1. The van der Waals surface area contributed by atoms with Crippen molar-refractivity contribution in [3.8, 4) is 0 Å². The maximum Gasteiger partial charge on any atom is 0.324 e. The van der Waals surface area contributed by atoms with E-state index in [2.05, 4.69) is 10.2 Å². The van der Waals surface area contributed by atoms with Crippen LogP contribution in [0.4, 0.5) is 0 Å². The fourth-order valence-electron chi connectivity index (χ4n) is 2.38. The molecular weight excluding hydrogens is 204 g/mol. The average Bonchev–Trinajstić information content (AvgIpc) is 2.17. The van der Waals surface area contributed by atoms with E-state index >= 15 is 0 Å². The first kappa shape index (κ1) is 13.5. The fourth-order valence-corrected chi connectivity index (χ4v) is 2.38. The quantitative estimate of drug-likeness (QED) is 0.745. The van der Waals surface area contributed by atoms with Gasteiger partial charge in [-0.3, -0.25) is 10.1 Å². The SMILES string of the molecule is CC(C)NC(C)(CN1CCCCC1)C(=O)O. The van der Waals surface area contributed by atoms with E-state index in [1.54, 1.807) is 6.92 Å². The summed E-state index contributed by atoms with van der Waals surface area (Å²) in [6.07, 6.45) is 3.66. The number of hydrogen-bond donors (Lipinski definition) is 2. The Hall–Kier alpha value is -0.610. The third kappa shape index (κ3) is 3.76. The second-order valence-electron chi connectivity index (χ2n) is 5.27. The lowest BCUT2D eigenvalue weighted by molar-refractivity contribution is -0.145. The van der Waals surface area contributed by atoms with Gasteiger partial charge in [0.15, 0.2) is 0 Å². The number of carboxylic acid groups (broad SMARTS) is 1. The third-order valence-corrected chi connectivity index (χ3v) is 3.07. The molecule has 4 heteroatoms. The van der Waals surface area contributed by atoms with Gasteiger partial charge in [0.1, 0.15) is 5.54 Å². The first-order valence-corrected chi connectivity index (χ1v) is 6.17. The van der Waals surface area contributed by atoms with Crippen LogP contribution < -0.4 is 5.32 Å². The fraction of sp³-hybridized carbons (Fsp3) is 0.917. The minimum absolute atomic E-state index is 0.186. The highest BCUT2D eigenvalue weighted by atomic mass is 16.4. The number of nitrogens with one attached hydrogen (secondary N) is 1. The molecule has 0 amide bonds. The van der Waals surface area contributed by atoms with Crippen LogP contribution in [0.3, 0.4) is 0 Å². The minimum Gasteiger partial charge on any atom is -0.480 e. The summed E-state index contributed by atoms with van der Waals surface area (Å²) in [5, 5.41) is 12.5. The highest BCUT2D eigenvalue weighted by Crippen LogP contribution is 2.14. The molecule has 0 aromatic carbocycles. The van der Waals surface area contributed by atoms with Crippen molar-refractivity contribution in [2.24, 2.45) is 0 Å². The summed E-state index contributed by atoms with van der Waals surface area (Å²) in [6, 6.07) is 0.186. The van der Waals surface area contributed by atoms with E-state index in [-0.39, 0.29) is 6.04 Å². The predicted molar refractivity (Wildman–Crippen MR) is 64.6 cm³/mol. The standard InChI is InChI=1S/C12H24N2O2/c1-10(2)13-12(3,11(15)16)9-14-7-5-4-6-8-14/h10,13H,4-9H2,1-3H3,(H,15,16). The maximum absolute atomic E-state index is 11.3. The summed E-state index contributed by atoms with van der Waals surface area (Å²) in [5.74, 6) is -0.758. The number of aliphatic carboxylic acids is 1. The minimum atomic E-state index is -0.828. The van der Waals surface area contributed by atoms with Gasteiger partial charge in [-0.25, -0.2) is 0 Å². The Morgan fingerprint density at radius 2 is 1.94 bits per heavy atom. The molecular formula is C12H24N2O2. The summed E-state index contributed by atoms with van der Waals surface area (Å²) in [7, 11) is 0. The Kier molecular flexibility index (Phi) is 4.74. The van der Waals surface area contributed by atoms with Crippen molar-refractivity contribution in [1.82, 2.24) is 10.2 Å². The summed E-state index contributed by atoms with van der Waals surface area (Å²) in [6.45, 7) is 8.41. The molecule has 94 valence electrons. The van der Waals surface area contributed by atoms with Gasteiger partial charge in [0.05, 0.1) is 0 Å². The molecule has 1 unspecified atom stereocenters. The molecule has 1 saturated heterocycles. The molecule has 1 heterocycles. The second-order valence-corrected chi connectivity index (χ2v) is 5.27. The van der Waals surface area contributed by atoms with Crippen LogP contribution in [0.15, 0.2) is 0 Å². The van der Waals surface area contributed by atoms with E-state index < -0.39 is 11.5 Å². The van der Waals surface area contributed by atoms with Crippen molar-refractivity contribution < 1.29 is 9.90 Å². The van der Waals surface area contributed by atoms with Crippen molar-refractivity contribution in [3.05, 3.63) is 0 Å². The lowest BCUT2D eigenvalue weighted by Gasteiger charge is -2.36. The van der Waals surface area contributed by atoms with Gasteiger partial charge in [-0.05, 0) is 46.7 Å². The van der Waals surface area contributed by atoms with Crippen molar-refractivity contribution in [3.63, 3.8) is 0 Å². The first-order valence-electron chi connectivity index (χ1n) is 6.17. The molecule has 1 rings (SSSR count). The van der Waals surface area contributed by atoms with Gasteiger partial charge >= 0.3 is 5.97 Å². The Morgan fingerprint density at radius 1 is 1.38 bits per heavy atom. The Bertz CT molecular complexity index is 237. The maximum atomic E-state index is 11.3. The molecule has 1 atom stereocenters. The molecule has 0 saturated carbocycles. The van der Waals surface area contributed by atoms with Gasteiger partial charge in [-0.2, -0.15) is 0 Å². The molecule has 0 aliphatic carbocycles. The molecule has 0 aromatic heterocycles. The Morgan fingerprint density at radius 3 is 2.38 bits per heavy atom. The van der Waals surface area contributed by atoms with E-state index in [9.17, 15) is 9.90 Å². The van der Waals surface area contributed by atoms with Crippen LogP contribution in [-0.4, -0.2) is 47.2 Å². The highest BCUT2D eigenvalue weighted by molar-refractivity contribution is 5.78. The normalized spacial score (nSPS) is 22.0. The largest absolute Gasteiger partial charge is 0.480 e. The number of carbonyl (C=O) groups is 1. The summed E-state index contributed by atoms with van der Waals surface area (Å²) >= 11 is 0. The lowest BCUT2D eigenvalue weighted by atomic mass is 9.99. The van der Waals surface area contributed by atoms with Gasteiger partial charge in [0.25, 0.3) is 0 Å². The van der Waals surface area contributed by atoms with E-state index in [4.69, 9.17) is 0 Å². The van der Waals surface area contributed by atoms with E-state index in [0.717, 1.165) is 13.1 Å². The monoisotopic (exact) mass is 228 g/mol. The summed E-state index contributed by atoms with van der Waals surface area (Å²) in [4.78, 5) is 13.6. The van der Waals surface area contributed by atoms with Gasteiger partial charge in [0.2, 0.25) is 0 Å². The van der Waals surface area contributed by atoms with Gasteiger partial charge in [-0.15, -0.1) is 0 Å². The molecule has 0 aromatic rings. The number of likely N-dealkylation sites (tertiary alicyclic amines) is 1. The highest BCUT2D eigenvalue weighted by Gasteiger charge is 2.35. The van der Waals surface area contributed by atoms with Crippen molar-refractivity contribution >= 4 is 5.97 Å². The number of rotatable bonds is 5. The second kappa shape index (κ2) is 5.64. The topological polar surface area (TPSA) is 52.6 Å². The van der Waals surface area contributed by atoms with E-state index in [0.29, 0.717) is 6.54 Å². The molecule has 4 nitrogen and oxygen atoms in total. The molecule has 16 heavy (non-hydrogen) atoms. The average molecular weight is 228 g/mol. The molecule has 0 spiro atoms.